The van der Waals surface area contributed by atoms with Crippen molar-refractivity contribution in [3.63, 3.8) is 0 Å². The van der Waals surface area contributed by atoms with Crippen molar-refractivity contribution in [2.24, 2.45) is 11.8 Å². The van der Waals surface area contributed by atoms with Crippen molar-refractivity contribution in [1.82, 2.24) is 0 Å². The van der Waals surface area contributed by atoms with Gasteiger partial charge in [0.1, 0.15) is 0 Å². The maximum atomic E-state index is 10.4. The first-order valence-electron chi connectivity index (χ1n) is 5.93. The zero-order valence-corrected chi connectivity index (χ0v) is 9.61. The Labute approximate surface area is 92.1 Å². The van der Waals surface area contributed by atoms with E-state index in [2.05, 4.69) is 26.0 Å². The van der Waals surface area contributed by atoms with Crippen LogP contribution in [-0.4, -0.2) is 5.11 Å². The monoisotopic (exact) mass is 204 g/mol. The van der Waals surface area contributed by atoms with Gasteiger partial charge < -0.3 is 5.11 Å². The molecule has 3 atom stereocenters. The van der Waals surface area contributed by atoms with E-state index in [-0.39, 0.29) is 6.10 Å². The molecule has 0 radical (unpaired) electrons. The summed E-state index contributed by atoms with van der Waals surface area (Å²) in [5.74, 6) is 1.13. The summed E-state index contributed by atoms with van der Waals surface area (Å²) in [4.78, 5) is 0. The Balaban J connectivity index is 2.20. The van der Waals surface area contributed by atoms with Gasteiger partial charge in [0.15, 0.2) is 0 Å². The van der Waals surface area contributed by atoms with Crippen molar-refractivity contribution in [2.75, 3.05) is 0 Å². The summed E-state index contributed by atoms with van der Waals surface area (Å²) in [5, 5.41) is 10.4. The molecule has 1 aliphatic carbocycles. The molecule has 0 spiro atoms. The first kappa shape index (κ1) is 10.7. The number of hydrogen-bond donors (Lipinski definition) is 1. The minimum absolute atomic E-state index is 0.260. The standard InChI is InChI=1S/C14H20O/c1-10-6-3-4-8-12(10)14(15)13-9-5-7-11(13)2/h3-4,6,8,11,13-15H,5,7,9H2,1-2H3/t11?,13?,14-/m1/s1. The van der Waals surface area contributed by atoms with Crippen LogP contribution in [0.2, 0.25) is 0 Å². The van der Waals surface area contributed by atoms with E-state index in [0.717, 1.165) is 5.56 Å². The van der Waals surface area contributed by atoms with Gasteiger partial charge in [-0.15, -0.1) is 0 Å². The second-order valence-corrected chi connectivity index (χ2v) is 4.87. The highest BCUT2D eigenvalue weighted by Gasteiger charge is 2.30. The van der Waals surface area contributed by atoms with Crippen molar-refractivity contribution in [3.05, 3.63) is 35.4 Å². The van der Waals surface area contributed by atoms with Gasteiger partial charge >= 0.3 is 0 Å². The topological polar surface area (TPSA) is 20.2 Å². The second kappa shape index (κ2) is 4.36. The molecular weight excluding hydrogens is 184 g/mol. The van der Waals surface area contributed by atoms with Gasteiger partial charge in [0.2, 0.25) is 0 Å². The Morgan fingerprint density at radius 3 is 2.60 bits per heavy atom. The highest BCUT2D eigenvalue weighted by atomic mass is 16.3. The summed E-state index contributed by atoms with van der Waals surface area (Å²) in [6.45, 7) is 4.34. The molecule has 0 amide bonds. The fourth-order valence-electron chi connectivity index (χ4n) is 2.79. The molecule has 0 heterocycles. The van der Waals surface area contributed by atoms with Gasteiger partial charge in [-0.25, -0.2) is 0 Å². The third-order valence-electron chi connectivity index (χ3n) is 3.84. The summed E-state index contributed by atoms with van der Waals surface area (Å²) in [5.41, 5.74) is 2.33. The summed E-state index contributed by atoms with van der Waals surface area (Å²) in [6.07, 6.45) is 3.46. The SMILES string of the molecule is Cc1ccccc1[C@@H](O)C1CCCC1C. The molecule has 15 heavy (non-hydrogen) atoms. The maximum absolute atomic E-state index is 10.4. The van der Waals surface area contributed by atoms with Crippen molar-refractivity contribution in [2.45, 2.75) is 39.2 Å². The van der Waals surface area contributed by atoms with Crippen LogP contribution in [0.25, 0.3) is 0 Å². The van der Waals surface area contributed by atoms with E-state index in [1.807, 2.05) is 12.1 Å². The lowest BCUT2D eigenvalue weighted by Crippen LogP contribution is -2.15. The molecule has 1 fully saturated rings. The third kappa shape index (κ3) is 2.07. The minimum atomic E-state index is -0.260. The van der Waals surface area contributed by atoms with E-state index < -0.39 is 0 Å². The fraction of sp³-hybridized carbons (Fsp3) is 0.571. The van der Waals surface area contributed by atoms with E-state index in [1.165, 1.54) is 24.8 Å². The van der Waals surface area contributed by atoms with Gasteiger partial charge in [0, 0.05) is 0 Å². The number of rotatable bonds is 2. The molecule has 82 valence electrons. The van der Waals surface area contributed by atoms with Gasteiger partial charge in [-0.2, -0.15) is 0 Å². The molecule has 2 unspecified atom stereocenters. The Bertz CT molecular complexity index is 332. The van der Waals surface area contributed by atoms with E-state index in [1.54, 1.807) is 0 Å². The van der Waals surface area contributed by atoms with Crippen LogP contribution >= 0.6 is 0 Å². The predicted molar refractivity (Wildman–Crippen MR) is 62.6 cm³/mol. The van der Waals surface area contributed by atoms with Gasteiger partial charge in [-0.3, -0.25) is 0 Å². The van der Waals surface area contributed by atoms with Gasteiger partial charge in [-0.1, -0.05) is 44.0 Å². The van der Waals surface area contributed by atoms with Crippen LogP contribution in [0.3, 0.4) is 0 Å². The molecular formula is C14H20O. The summed E-state index contributed by atoms with van der Waals surface area (Å²) in [6, 6.07) is 8.19. The number of aliphatic hydroxyl groups excluding tert-OH is 1. The summed E-state index contributed by atoms with van der Waals surface area (Å²) >= 11 is 0. The van der Waals surface area contributed by atoms with Gasteiger partial charge in [0.25, 0.3) is 0 Å². The first-order chi connectivity index (χ1) is 7.20. The highest BCUT2D eigenvalue weighted by Crippen LogP contribution is 2.40. The molecule has 1 nitrogen and oxygen atoms in total. The van der Waals surface area contributed by atoms with E-state index >= 15 is 0 Å². The van der Waals surface area contributed by atoms with E-state index in [9.17, 15) is 5.11 Å². The van der Waals surface area contributed by atoms with E-state index in [4.69, 9.17) is 0 Å². The van der Waals surface area contributed by atoms with E-state index in [0.29, 0.717) is 11.8 Å². The average Bonchev–Trinajstić information content (AvgIpc) is 2.64. The largest absolute Gasteiger partial charge is 0.388 e. The molecule has 0 saturated heterocycles. The second-order valence-electron chi connectivity index (χ2n) is 4.87. The van der Waals surface area contributed by atoms with Crippen molar-refractivity contribution in [1.29, 1.82) is 0 Å². The molecule has 1 aromatic carbocycles. The summed E-state index contributed by atoms with van der Waals surface area (Å²) < 4.78 is 0. The first-order valence-corrected chi connectivity index (χ1v) is 5.93. The number of hydrogen-bond acceptors (Lipinski definition) is 1. The normalized spacial score (nSPS) is 27.9. The molecule has 0 aromatic heterocycles. The number of aryl methyl sites for hydroxylation is 1. The lowest BCUT2D eigenvalue weighted by molar-refractivity contribution is 0.0895. The van der Waals surface area contributed by atoms with Crippen LogP contribution in [-0.2, 0) is 0 Å². The van der Waals surface area contributed by atoms with Crippen LogP contribution in [0.15, 0.2) is 24.3 Å². The Hall–Kier alpha value is -0.820. The average molecular weight is 204 g/mol. The molecule has 0 bridgehead atoms. The van der Waals surface area contributed by atoms with Crippen molar-refractivity contribution >= 4 is 0 Å². The molecule has 1 aliphatic rings. The zero-order valence-electron chi connectivity index (χ0n) is 9.61. The molecule has 0 aliphatic heterocycles. The quantitative estimate of drug-likeness (QED) is 0.782. The zero-order chi connectivity index (χ0) is 10.8. The number of aliphatic hydroxyl groups is 1. The fourth-order valence-corrected chi connectivity index (χ4v) is 2.79. The van der Waals surface area contributed by atoms with Gasteiger partial charge in [-0.05, 0) is 36.3 Å². The highest BCUT2D eigenvalue weighted by molar-refractivity contribution is 5.28. The summed E-state index contributed by atoms with van der Waals surface area (Å²) in [7, 11) is 0. The predicted octanol–water partition coefficient (Wildman–Crippen LogP) is 3.46. The van der Waals surface area contributed by atoms with Crippen LogP contribution < -0.4 is 0 Å². The number of benzene rings is 1. The lowest BCUT2D eigenvalue weighted by atomic mass is 9.86. The minimum Gasteiger partial charge on any atom is -0.388 e. The van der Waals surface area contributed by atoms with Crippen LogP contribution in [0.1, 0.15) is 43.4 Å². The van der Waals surface area contributed by atoms with Crippen LogP contribution in [0.4, 0.5) is 0 Å². The molecule has 1 heteroatoms. The smallest absolute Gasteiger partial charge is 0.0823 e. The third-order valence-corrected chi connectivity index (χ3v) is 3.84. The lowest BCUT2D eigenvalue weighted by Gasteiger charge is -2.23. The Kier molecular flexibility index (Phi) is 3.11. The molecule has 1 aromatic rings. The molecule has 1 N–H and O–H groups in total. The van der Waals surface area contributed by atoms with Crippen LogP contribution in [0, 0.1) is 18.8 Å². The van der Waals surface area contributed by atoms with Crippen LogP contribution in [0.5, 0.6) is 0 Å². The molecule has 1 saturated carbocycles. The Morgan fingerprint density at radius 2 is 2.00 bits per heavy atom. The molecule has 2 rings (SSSR count). The maximum Gasteiger partial charge on any atom is 0.0823 e. The Morgan fingerprint density at radius 1 is 1.27 bits per heavy atom. The van der Waals surface area contributed by atoms with Crippen molar-refractivity contribution in [3.8, 4) is 0 Å². The van der Waals surface area contributed by atoms with Gasteiger partial charge in [0.05, 0.1) is 6.10 Å². The van der Waals surface area contributed by atoms with Crippen molar-refractivity contribution < 1.29 is 5.11 Å².